The molecule has 1 aromatic heterocycles. The van der Waals surface area contributed by atoms with Gasteiger partial charge in [0.15, 0.2) is 17.5 Å². The predicted octanol–water partition coefficient (Wildman–Crippen LogP) is 3.19. The zero-order chi connectivity index (χ0) is 19.9. The fraction of sp³-hybridized carbons (Fsp3) is 0.273. The maximum atomic E-state index is 5.43. The zero-order valence-corrected chi connectivity index (χ0v) is 19.2. The Kier molecular flexibility index (Phi) is 7.95. The molecule has 0 aliphatic carbocycles. The van der Waals surface area contributed by atoms with Crippen LogP contribution in [0.4, 0.5) is 0 Å². The molecule has 3 aromatic rings. The summed E-state index contributed by atoms with van der Waals surface area (Å²) in [6.07, 6.45) is 4.69. The van der Waals surface area contributed by atoms with E-state index < -0.39 is 0 Å². The van der Waals surface area contributed by atoms with Crippen LogP contribution in [0.2, 0.25) is 0 Å². The van der Waals surface area contributed by atoms with Gasteiger partial charge in [-0.25, -0.2) is 4.98 Å². The third-order valence-electron chi connectivity index (χ3n) is 4.76. The van der Waals surface area contributed by atoms with E-state index in [4.69, 9.17) is 9.47 Å². The lowest BCUT2D eigenvalue weighted by Gasteiger charge is -2.13. The largest absolute Gasteiger partial charge is 0.454 e. The first-order valence-electron chi connectivity index (χ1n) is 9.69. The van der Waals surface area contributed by atoms with E-state index in [9.17, 15) is 0 Å². The van der Waals surface area contributed by atoms with Crippen molar-refractivity contribution in [1.29, 1.82) is 0 Å². The first-order chi connectivity index (χ1) is 14.3. The summed E-state index contributed by atoms with van der Waals surface area (Å²) in [4.78, 5) is 8.79. The van der Waals surface area contributed by atoms with E-state index in [2.05, 4.69) is 49.4 Å². The van der Waals surface area contributed by atoms with Crippen molar-refractivity contribution in [3.05, 3.63) is 77.9 Å². The number of fused-ring (bicyclic) bond motifs is 1. The van der Waals surface area contributed by atoms with Crippen LogP contribution < -0.4 is 20.1 Å². The first kappa shape index (κ1) is 21.9. The number of aliphatic imine (C=N–C) groups is 1. The molecule has 0 fully saturated rings. The van der Waals surface area contributed by atoms with Crippen molar-refractivity contribution in [2.24, 2.45) is 4.99 Å². The molecule has 4 rings (SSSR count). The number of aromatic nitrogens is 2. The number of hydrogen-bond donors (Lipinski definition) is 2. The van der Waals surface area contributed by atoms with Crippen LogP contribution in [0.1, 0.15) is 17.0 Å². The minimum atomic E-state index is 0. The van der Waals surface area contributed by atoms with E-state index in [1.807, 2.05) is 36.7 Å². The minimum Gasteiger partial charge on any atom is -0.454 e. The lowest BCUT2D eigenvalue weighted by Crippen LogP contribution is -2.38. The molecule has 1 aliphatic rings. The monoisotopic (exact) mass is 519 g/mol. The highest BCUT2D eigenvalue weighted by molar-refractivity contribution is 14.0. The molecule has 2 N–H and O–H groups in total. The average Bonchev–Trinajstić information content (AvgIpc) is 3.40. The Balaban J connectivity index is 0.00000256. The fourth-order valence-electron chi connectivity index (χ4n) is 3.24. The molecule has 0 bridgehead atoms. The van der Waals surface area contributed by atoms with Gasteiger partial charge >= 0.3 is 0 Å². The Bertz CT molecular complexity index is 975. The van der Waals surface area contributed by atoms with Crippen LogP contribution in [0.25, 0.3) is 0 Å². The van der Waals surface area contributed by atoms with Crippen LogP contribution >= 0.6 is 24.0 Å². The summed E-state index contributed by atoms with van der Waals surface area (Å²) < 4.78 is 13.0. The van der Waals surface area contributed by atoms with Crippen LogP contribution in [0.3, 0.4) is 0 Å². The van der Waals surface area contributed by atoms with E-state index in [1.54, 1.807) is 7.05 Å². The minimum absolute atomic E-state index is 0. The van der Waals surface area contributed by atoms with E-state index in [0.29, 0.717) is 6.54 Å². The van der Waals surface area contributed by atoms with Gasteiger partial charge < -0.3 is 24.7 Å². The highest BCUT2D eigenvalue weighted by Crippen LogP contribution is 2.32. The number of ether oxygens (including phenoxy) is 2. The highest BCUT2D eigenvalue weighted by atomic mass is 127. The van der Waals surface area contributed by atoms with Gasteiger partial charge in [-0.3, -0.25) is 4.99 Å². The van der Waals surface area contributed by atoms with Crippen LogP contribution in [-0.2, 0) is 19.5 Å². The van der Waals surface area contributed by atoms with Gasteiger partial charge in [0.25, 0.3) is 0 Å². The van der Waals surface area contributed by atoms with Crippen LogP contribution in [0, 0.1) is 0 Å². The Labute approximate surface area is 193 Å². The van der Waals surface area contributed by atoms with E-state index in [1.165, 1.54) is 5.56 Å². The Morgan fingerprint density at radius 3 is 2.73 bits per heavy atom. The standard InChI is InChI=1S/C22H25N5O2.HI/c1-23-22(26-14-18-7-8-19-20(13-18)29-16-28-19)25-10-9-21-24-11-12-27(21)15-17-5-3-2-4-6-17;/h2-8,11-13H,9-10,14-16H2,1H3,(H2,23,25,26);1H. The number of rotatable bonds is 7. The predicted molar refractivity (Wildman–Crippen MR) is 128 cm³/mol. The van der Waals surface area contributed by atoms with E-state index in [-0.39, 0.29) is 30.8 Å². The van der Waals surface area contributed by atoms with Gasteiger partial charge in [0.2, 0.25) is 6.79 Å². The number of hydrogen-bond acceptors (Lipinski definition) is 4. The van der Waals surface area contributed by atoms with Crippen molar-refractivity contribution in [3.8, 4) is 11.5 Å². The van der Waals surface area contributed by atoms with E-state index in [0.717, 1.165) is 48.4 Å². The van der Waals surface area contributed by atoms with Crippen molar-refractivity contribution in [1.82, 2.24) is 20.2 Å². The summed E-state index contributed by atoms with van der Waals surface area (Å²) in [5.74, 6) is 3.39. The Morgan fingerprint density at radius 2 is 1.90 bits per heavy atom. The summed E-state index contributed by atoms with van der Waals surface area (Å²) in [6.45, 7) is 2.51. The molecule has 0 amide bonds. The van der Waals surface area contributed by atoms with Gasteiger partial charge in [-0.1, -0.05) is 36.4 Å². The lowest BCUT2D eigenvalue weighted by atomic mass is 10.2. The second kappa shape index (κ2) is 10.9. The zero-order valence-electron chi connectivity index (χ0n) is 16.9. The Hall–Kier alpha value is -2.75. The first-order valence-corrected chi connectivity index (χ1v) is 9.69. The van der Waals surface area contributed by atoms with Crippen molar-refractivity contribution < 1.29 is 9.47 Å². The van der Waals surface area contributed by atoms with Crippen LogP contribution in [-0.4, -0.2) is 35.9 Å². The molecule has 8 heteroatoms. The molecule has 0 atom stereocenters. The van der Waals surface area contributed by atoms with E-state index >= 15 is 0 Å². The highest BCUT2D eigenvalue weighted by Gasteiger charge is 2.13. The maximum absolute atomic E-state index is 5.43. The molecule has 1 aliphatic heterocycles. The van der Waals surface area contributed by atoms with Gasteiger partial charge in [0.05, 0.1) is 0 Å². The molecule has 7 nitrogen and oxygen atoms in total. The third-order valence-corrected chi connectivity index (χ3v) is 4.76. The molecular formula is C22H26IN5O2. The average molecular weight is 519 g/mol. The van der Waals surface area contributed by atoms with Crippen molar-refractivity contribution in [3.63, 3.8) is 0 Å². The summed E-state index contributed by atoms with van der Waals surface area (Å²) in [5.41, 5.74) is 2.37. The molecule has 158 valence electrons. The molecular weight excluding hydrogens is 493 g/mol. The molecule has 0 spiro atoms. The topological polar surface area (TPSA) is 72.7 Å². The molecule has 0 saturated carbocycles. The van der Waals surface area contributed by atoms with Gasteiger partial charge in [-0.2, -0.15) is 0 Å². The number of nitrogens with zero attached hydrogens (tertiary/aromatic N) is 3. The van der Waals surface area contributed by atoms with Crippen molar-refractivity contribution >= 4 is 29.9 Å². The molecule has 2 heterocycles. The van der Waals surface area contributed by atoms with Crippen molar-refractivity contribution in [2.45, 2.75) is 19.5 Å². The maximum Gasteiger partial charge on any atom is 0.231 e. The molecule has 0 radical (unpaired) electrons. The van der Waals surface area contributed by atoms with Gasteiger partial charge in [-0.05, 0) is 23.3 Å². The number of benzene rings is 2. The molecule has 2 aromatic carbocycles. The summed E-state index contributed by atoms with van der Waals surface area (Å²) in [7, 11) is 1.77. The second-order valence-corrected chi connectivity index (χ2v) is 6.75. The SMILES string of the molecule is CN=C(NCCc1nccn1Cc1ccccc1)NCc1ccc2c(c1)OCO2.I. The van der Waals surface area contributed by atoms with Gasteiger partial charge in [-0.15, -0.1) is 24.0 Å². The quantitative estimate of drug-likeness (QED) is 0.285. The number of halogens is 1. The second-order valence-electron chi connectivity index (χ2n) is 6.75. The normalized spacial score (nSPS) is 12.4. The molecule has 0 saturated heterocycles. The number of nitrogens with one attached hydrogen (secondary N) is 2. The number of imidazole rings is 1. The lowest BCUT2D eigenvalue weighted by molar-refractivity contribution is 0.174. The summed E-state index contributed by atoms with van der Waals surface area (Å²) in [6, 6.07) is 16.4. The third kappa shape index (κ3) is 5.65. The smallest absolute Gasteiger partial charge is 0.231 e. The number of guanidine groups is 1. The summed E-state index contributed by atoms with van der Waals surface area (Å²) in [5, 5.41) is 6.68. The Morgan fingerprint density at radius 1 is 1.07 bits per heavy atom. The van der Waals surface area contributed by atoms with Gasteiger partial charge in [0, 0.05) is 45.5 Å². The molecule has 30 heavy (non-hydrogen) atoms. The van der Waals surface area contributed by atoms with Crippen LogP contribution in [0.15, 0.2) is 65.9 Å². The van der Waals surface area contributed by atoms with Crippen LogP contribution in [0.5, 0.6) is 11.5 Å². The summed E-state index contributed by atoms with van der Waals surface area (Å²) >= 11 is 0. The molecule has 0 unspecified atom stereocenters. The van der Waals surface area contributed by atoms with Crippen molar-refractivity contribution in [2.75, 3.05) is 20.4 Å². The van der Waals surface area contributed by atoms with Gasteiger partial charge in [0.1, 0.15) is 5.82 Å². The fourth-order valence-corrected chi connectivity index (χ4v) is 3.24.